The van der Waals surface area contributed by atoms with Gasteiger partial charge in [-0.3, -0.25) is 14.7 Å². The van der Waals surface area contributed by atoms with Gasteiger partial charge in [-0.2, -0.15) is 0 Å². The number of halogens is 1. The fourth-order valence-electron chi connectivity index (χ4n) is 2.97. The van der Waals surface area contributed by atoms with Gasteiger partial charge in [-0.1, -0.05) is 12.1 Å². The number of pyridine rings is 1. The topological polar surface area (TPSA) is 68.5 Å². The van der Waals surface area contributed by atoms with E-state index in [0.29, 0.717) is 25.2 Å². The van der Waals surface area contributed by atoms with Crippen LogP contribution in [-0.2, 0) is 16.1 Å². The van der Waals surface area contributed by atoms with Crippen LogP contribution in [0.1, 0.15) is 12.5 Å². The van der Waals surface area contributed by atoms with Crippen LogP contribution in [0.15, 0.2) is 42.7 Å². The maximum Gasteiger partial charge on any atom is 0.247 e. The van der Waals surface area contributed by atoms with Gasteiger partial charge in [0.25, 0.3) is 0 Å². The fourth-order valence-corrected chi connectivity index (χ4v) is 2.97. The number of rotatable bonds is 4. The zero-order valence-corrected chi connectivity index (χ0v) is 13.5. The zero-order valence-electron chi connectivity index (χ0n) is 13.5. The lowest BCUT2D eigenvalue weighted by atomic mass is 10.0. The molecule has 3 rings (SSSR count). The second-order valence-electron chi connectivity index (χ2n) is 6.07. The van der Waals surface area contributed by atoms with E-state index in [0.717, 1.165) is 11.1 Å². The molecule has 5 nitrogen and oxygen atoms in total. The Labute approximate surface area is 140 Å². The molecule has 0 unspecified atom stereocenters. The molecule has 6 heteroatoms. The van der Waals surface area contributed by atoms with E-state index in [9.17, 15) is 9.18 Å². The number of benzene rings is 1. The molecule has 24 heavy (non-hydrogen) atoms. The number of carbonyl (C=O) groups excluding carboxylic acids is 1. The summed E-state index contributed by atoms with van der Waals surface area (Å²) >= 11 is 0. The highest BCUT2D eigenvalue weighted by molar-refractivity contribution is 5.79. The van der Waals surface area contributed by atoms with Crippen molar-refractivity contribution in [1.82, 2.24) is 9.88 Å². The molecule has 1 amide bonds. The van der Waals surface area contributed by atoms with Crippen LogP contribution in [0.4, 0.5) is 4.39 Å². The minimum Gasteiger partial charge on any atom is -0.367 e. The maximum atomic E-state index is 14.5. The summed E-state index contributed by atoms with van der Waals surface area (Å²) in [5.41, 5.74) is 7.65. The quantitative estimate of drug-likeness (QED) is 0.931. The first-order chi connectivity index (χ1) is 11.5. The first-order valence-electron chi connectivity index (χ1n) is 7.89. The van der Waals surface area contributed by atoms with Crippen molar-refractivity contribution in [2.24, 2.45) is 5.73 Å². The Balaban J connectivity index is 1.75. The van der Waals surface area contributed by atoms with E-state index in [-0.39, 0.29) is 11.9 Å². The highest BCUT2D eigenvalue weighted by atomic mass is 19.1. The van der Waals surface area contributed by atoms with E-state index < -0.39 is 12.0 Å². The third-order valence-corrected chi connectivity index (χ3v) is 4.11. The number of aromatic nitrogens is 1. The first-order valence-corrected chi connectivity index (χ1v) is 7.89. The molecule has 1 aromatic heterocycles. The molecule has 126 valence electrons. The summed E-state index contributed by atoms with van der Waals surface area (Å²) in [6, 6.07) is 8.89. The summed E-state index contributed by atoms with van der Waals surface area (Å²) in [6.07, 6.45) is 2.60. The van der Waals surface area contributed by atoms with Crippen molar-refractivity contribution in [2.45, 2.75) is 25.7 Å². The Morgan fingerprint density at radius 1 is 1.29 bits per heavy atom. The van der Waals surface area contributed by atoms with Gasteiger partial charge in [0.05, 0.1) is 6.10 Å². The Bertz CT molecular complexity index is 723. The number of primary amides is 1. The number of amides is 1. The molecule has 2 N–H and O–H groups in total. The van der Waals surface area contributed by atoms with E-state index in [2.05, 4.69) is 4.98 Å². The summed E-state index contributed by atoms with van der Waals surface area (Å²) in [7, 11) is 0. The predicted octanol–water partition coefficient (Wildman–Crippen LogP) is 1.96. The highest BCUT2D eigenvalue weighted by Gasteiger charge is 2.29. The molecule has 1 fully saturated rings. The monoisotopic (exact) mass is 329 g/mol. The lowest BCUT2D eigenvalue weighted by molar-refractivity contribution is -0.142. The summed E-state index contributed by atoms with van der Waals surface area (Å²) in [6.45, 7) is 3.31. The number of nitrogens with zero attached hydrogens (tertiary/aromatic N) is 2. The minimum absolute atomic E-state index is 0.115. The Kier molecular flexibility index (Phi) is 4.87. The average molecular weight is 329 g/mol. The van der Waals surface area contributed by atoms with Crippen molar-refractivity contribution in [2.75, 3.05) is 13.1 Å². The molecule has 0 spiro atoms. The van der Waals surface area contributed by atoms with Crippen molar-refractivity contribution in [3.63, 3.8) is 0 Å². The maximum absolute atomic E-state index is 14.5. The molecule has 0 saturated carbocycles. The van der Waals surface area contributed by atoms with Gasteiger partial charge >= 0.3 is 0 Å². The lowest BCUT2D eigenvalue weighted by Gasteiger charge is -2.35. The smallest absolute Gasteiger partial charge is 0.247 e. The molecule has 2 heterocycles. The van der Waals surface area contributed by atoms with Crippen LogP contribution in [-0.4, -0.2) is 41.1 Å². The normalized spacial score (nSPS) is 21.6. The van der Waals surface area contributed by atoms with Gasteiger partial charge in [-0.05, 0) is 36.2 Å². The number of morpholine rings is 1. The number of ether oxygens (including phenoxy) is 1. The third kappa shape index (κ3) is 3.77. The molecule has 1 aliphatic heterocycles. The predicted molar refractivity (Wildman–Crippen MR) is 88.4 cm³/mol. The van der Waals surface area contributed by atoms with Gasteiger partial charge in [-0.25, -0.2) is 4.39 Å². The number of carbonyl (C=O) groups is 1. The summed E-state index contributed by atoms with van der Waals surface area (Å²) in [5.74, 6) is -0.751. The van der Waals surface area contributed by atoms with Crippen molar-refractivity contribution >= 4 is 5.91 Å². The van der Waals surface area contributed by atoms with Crippen molar-refractivity contribution in [3.05, 3.63) is 54.1 Å². The lowest BCUT2D eigenvalue weighted by Crippen LogP contribution is -2.51. The largest absolute Gasteiger partial charge is 0.367 e. The fraction of sp³-hybridized carbons (Fsp3) is 0.333. The third-order valence-electron chi connectivity index (χ3n) is 4.11. The van der Waals surface area contributed by atoms with Gasteiger partial charge in [0, 0.05) is 37.6 Å². The second-order valence-corrected chi connectivity index (χ2v) is 6.07. The van der Waals surface area contributed by atoms with Crippen LogP contribution in [0.5, 0.6) is 0 Å². The van der Waals surface area contributed by atoms with Gasteiger partial charge in [-0.15, -0.1) is 0 Å². The first kappa shape index (κ1) is 16.5. The molecule has 2 atom stereocenters. The molecule has 1 aromatic carbocycles. The van der Waals surface area contributed by atoms with E-state index in [4.69, 9.17) is 10.5 Å². The molecular formula is C18H20FN3O2. The van der Waals surface area contributed by atoms with E-state index in [1.54, 1.807) is 18.5 Å². The Morgan fingerprint density at radius 2 is 2.04 bits per heavy atom. The molecule has 1 saturated heterocycles. The number of hydrogen-bond donors (Lipinski definition) is 1. The van der Waals surface area contributed by atoms with Crippen LogP contribution < -0.4 is 5.73 Å². The van der Waals surface area contributed by atoms with Crippen LogP contribution in [0, 0.1) is 5.82 Å². The van der Waals surface area contributed by atoms with Crippen LogP contribution in [0.2, 0.25) is 0 Å². The van der Waals surface area contributed by atoms with Crippen molar-refractivity contribution in [1.29, 1.82) is 0 Å². The van der Waals surface area contributed by atoms with Gasteiger partial charge in [0.1, 0.15) is 11.9 Å². The van der Waals surface area contributed by atoms with Crippen LogP contribution in [0.25, 0.3) is 11.1 Å². The standard InChI is InChI=1S/C18H20FN3O2/c1-12-9-22(11-17(24-12)18(20)23)10-15-3-2-14(8-16(15)19)13-4-6-21-7-5-13/h2-8,12,17H,9-11H2,1H3,(H2,20,23)/t12-,17-/m1/s1. The molecular weight excluding hydrogens is 309 g/mol. The highest BCUT2D eigenvalue weighted by Crippen LogP contribution is 2.23. The summed E-state index contributed by atoms with van der Waals surface area (Å²) in [5, 5.41) is 0. The Hall–Kier alpha value is -2.31. The number of nitrogens with two attached hydrogens (primary N) is 1. The SMILES string of the molecule is C[C@@H]1CN(Cc2ccc(-c3ccncc3)cc2F)C[C@H](C(N)=O)O1. The number of hydrogen-bond acceptors (Lipinski definition) is 4. The van der Waals surface area contributed by atoms with E-state index >= 15 is 0 Å². The van der Waals surface area contributed by atoms with Gasteiger partial charge in [0.15, 0.2) is 0 Å². The zero-order chi connectivity index (χ0) is 17.1. The minimum atomic E-state index is -0.645. The van der Waals surface area contributed by atoms with E-state index in [1.807, 2.05) is 30.0 Å². The van der Waals surface area contributed by atoms with Gasteiger partial charge < -0.3 is 10.5 Å². The molecule has 2 aromatic rings. The average Bonchev–Trinajstić information content (AvgIpc) is 2.57. The molecule has 0 radical (unpaired) electrons. The Morgan fingerprint density at radius 3 is 2.71 bits per heavy atom. The molecule has 1 aliphatic rings. The van der Waals surface area contributed by atoms with Crippen LogP contribution >= 0.6 is 0 Å². The van der Waals surface area contributed by atoms with Crippen molar-refractivity contribution in [3.8, 4) is 11.1 Å². The van der Waals surface area contributed by atoms with Crippen molar-refractivity contribution < 1.29 is 13.9 Å². The molecule has 0 aliphatic carbocycles. The summed E-state index contributed by atoms with van der Waals surface area (Å²) < 4.78 is 20.0. The summed E-state index contributed by atoms with van der Waals surface area (Å²) in [4.78, 5) is 17.3. The van der Waals surface area contributed by atoms with Gasteiger partial charge in [0.2, 0.25) is 5.91 Å². The second kappa shape index (κ2) is 7.07. The molecule has 0 bridgehead atoms. The van der Waals surface area contributed by atoms with Crippen LogP contribution in [0.3, 0.4) is 0 Å². The van der Waals surface area contributed by atoms with E-state index in [1.165, 1.54) is 6.07 Å².